The molecule has 0 bridgehead atoms. The fourth-order valence-corrected chi connectivity index (χ4v) is 6.40. The highest BCUT2D eigenvalue weighted by molar-refractivity contribution is 7.90. The van der Waals surface area contributed by atoms with Gasteiger partial charge in [-0.15, -0.1) is 0 Å². The summed E-state index contributed by atoms with van der Waals surface area (Å²) in [5.41, 5.74) is 9.35. The van der Waals surface area contributed by atoms with Crippen molar-refractivity contribution in [3.63, 3.8) is 0 Å². The molecule has 3 aromatic rings. The third-order valence-corrected chi connectivity index (χ3v) is 8.70. The molecule has 6 heteroatoms. The summed E-state index contributed by atoms with van der Waals surface area (Å²) in [5.74, 6) is -0.146. The number of aryl methyl sites for hydroxylation is 2. The number of benzene rings is 3. The van der Waals surface area contributed by atoms with Gasteiger partial charge in [0.2, 0.25) is 5.91 Å². The Morgan fingerprint density at radius 1 is 0.842 bits per heavy atom. The lowest BCUT2D eigenvalue weighted by Crippen LogP contribution is -2.32. The van der Waals surface area contributed by atoms with Crippen LogP contribution in [0.25, 0.3) is 11.1 Å². The van der Waals surface area contributed by atoms with E-state index in [1.54, 1.807) is 24.3 Å². The van der Waals surface area contributed by atoms with Crippen LogP contribution in [-0.2, 0) is 40.6 Å². The second kappa shape index (κ2) is 11.4. The zero-order valence-corrected chi connectivity index (χ0v) is 24.3. The van der Waals surface area contributed by atoms with Crippen LogP contribution >= 0.6 is 0 Å². The van der Waals surface area contributed by atoms with Gasteiger partial charge in [-0.05, 0) is 102 Å². The zero-order valence-electron chi connectivity index (χ0n) is 23.5. The van der Waals surface area contributed by atoms with Crippen LogP contribution in [0.5, 0.6) is 0 Å². The molecule has 0 atom stereocenters. The van der Waals surface area contributed by atoms with E-state index in [-0.39, 0.29) is 23.2 Å². The molecular weight excluding hydrogens is 492 g/mol. The summed E-state index contributed by atoms with van der Waals surface area (Å²) < 4.78 is 28.3. The zero-order chi connectivity index (χ0) is 27.6. The lowest BCUT2D eigenvalue weighted by Gasteiger charge is -2.22. The summed E-state index contributed by atoms with van der Waals surface area (Å²) in [5, 5.41) is 0. The van der Waals surface area contributed by atoms with Crippen LogP contribution in [-0.4, -0.2) is 33.3 Å². The lowest BCUT2D eigenvalue weighted by atomic mass is 9.83. The van der Waals surface area contributed by atoms with E-state index < -0.39 is 15.9 Å². The maximum Gasteiger partial charge on any atom is 0.264 e. The number of nitrogens with zero attached hydrogens (tertiary/aromatic N) is 1. The Hall–Kier alpha value is -2.96. The molecule has 1 amide bonds. The van der Waals surface area contributed by atoms with Gasteiger partial charge in [0.25, 0.3) is 10.0 Å². The van der Waals surface area contributed by atoms with E-state index >= 15 is 0 Å². The molecule has 0 fully saturated rings. The summed E-state index contributed by atoms with van der Waals surface area (Å²) in [4.78, 5) is 15.3. The molecular formula is C32H40N2O3S. The SMILES string of the molecule is CC(C)c1cc(-c2ccc3c(c2)CCC3)cc(C(C)C)c1CC(=O)NS(=O)(=O)c1ccc(CN(C)C)cc1. The molecule has 0 heterocycles. The first-order valence-corrected chi connectivity index (χ1v) is 15.0. The van der Waals surface area contributed by atoms with Crippen molar-refractivity contribution in [2.24, 2.45) is 0 Å². The third-order valence-electron chi connectivity index (χ3n) is 7.31. The van der Waals surface area contributed by atoms with Crippen LogP contribution in [0.15, 0.2) is 59.5 Å². The Labute approximate surface area is 228 Å². The molecule has 1 N–H and O–H groups in total. The highest BCUT2D eigenvalue weighted by Gasteiger charge is 2.23. The Morgan fingerprint density at radius 3 is 2.03 bits per heavy atom. The standard InChI is InChI=1S/C32H40N2O3S/c1-21(2)29-17-27(26-13-12-24-8-7-9-25(24)16-26)18-30(22(3)4)31(29)19-32(35)33-38(36,37)28-14-10-23(11-15-28)20-34(5)6/h10-18,21-22H,7-9,19-20H2,1-6H3,(H,33,35). The van der Waals surface area contributed by atoms with Gasteiger partial charge in [0, 0.05) is 6.54 Å². The van der Waals surface area contributed by atoms with Gasteiger partial charge in [0.15, 0.2) is 0 Å². The van der Waals surface area contributed by atoms with Gasteiger partial charge in [-0.1, -0.05) is 70.2 Å². The monoisotopic (exact) mass is 532 g/mol. The molecule has 1 aliphatic rings. The largest absolute Gasteiger partial charge is 0.305 e. The van der Waals surface area contributed by atoms with Gasteiger partial charge in [-0.2, -0.15) is 0 Å². The van der Waals surface area contributed by atoms with Crippen molar-refractivity contribution in [1.29, 1.82) is 0 Å². The quantitative estimate of drug-likeness (QED) is 0.356. The Morgan fingerprint density at radius 2 is 1.45 bits per heavy atom. The Balaban J connectivity index is 1.62. The molecule has 0 saturated carbocycles. The van der Waals surface area contributed by atoms with E-state index in [1.807, 2.05) is 19.0 Å². The first kappa shape index (κ1) is 28.1. The van der Waals surface area contributed by atoms with E-state index in [2.05, 4.69) is 62.7 Å². The number of carbonyl (C=O) groups is 1. The van der Waals surface area contributed by atoms with Crippen molar-refractivity contribution >= 4 is 15.9 Å². The van der Waals surface area contributed by atoms with Gasteiger partial charge in [-0.3, -0.25) is 4.79 Å². The van der Waals surface area contributed by atoms with Crippen molar-refractivity contribution in [2.75, 3.05) is 14.1 Å². The van der Waals surface area contributed by atoms with Crippen molar-refractivity contribution in [3.05, 3.63) is 88.0 Å². The Kier molecular flexibility index (Phi) is 8.43. The molecule has 5 nitrogen and oxygen atoms in total. The van der Waals surface area contributed by atoms with Crippen molar-refractivity contribution in [1.82, 2.24) is 9.62 Å². The minimum atomic E-state index is -3.96. The minimum Gasteiger partial charge on any atom is -0.305 e. The lowest BCUT2D eigenvalue weighted by molar-refractivity contribution is -0.118. The number of fused-ring (bicyclic) bond motifs is 1. The Bertz CT molecular complexity index is 1390. The molecule has 0 radical (unpaired) electrons. The summed E-state index contributed by atoms with van der Waals surface area (Å²) in [6.07, 6.45) is 3.51. The second-order valence-electron chi connectivity index (χ2n) is 11.4. The molecule has 3 aromatic carbocycles. The molecule has 1 aliphatic carbocycles. The maximum absolute atomic E-state index is 13.1. The molecule has 4 rings (SSSR count). The van der Waals surface area contributed by atoms with Crippen LogP contribution in [0, 0.1) is 0 Å². The number of amides is 1. The first-order valence-electron chi connectivity index (χ1n) is 13.5. The minimum absolute atomic E-state index is 0.0173. The predicted octanol–water partition coefficient (Wildman–Crippen LogP) is 6.20. The number of carbonyl (C=O) groups excluding carboxylic acids is 1. The predicted molar refractivity (Wildman–Crippen MR) is 155 cm³/mol. The highest BCUT2D eigenvalue weighted by atomic mass is 32.2. The van der Waals surface area contributed by atoms with Crippen LogP contribution in [0.3, 0.4) is 0 Å². The third kappa shape index (κ3) is 6.36. The summed E-state index contributed by atoms with van der Waals surface area (Å²) >= 11 is 0. The first-order chi connectivity index (χ1) is 17.9. The van der Waals surface area contributed by atoms with Gasteiger partial charge < -0.3 is 4.90 Å². The van der Waals surface area contributed by atoms with Gasteiger partial charge in [-0.25, -0.2) is 13.1 Å². The molecule has 38 heavy (non-hydrogen) atoms. The average molecular weight is 533 g/mol. The van der Waals surface area contributed by atoms with Crippen LogP contribution in [0.2, 0.25) is 0 Å². The molecule has 0 aliphatic heterocycles. The van der Waals surface area contributed by atoms with E-state index in [4.69, 9.17) is 0 Å². The van der Waals surface area contributed by atoms with Gasteiger partial charge in [0.05, 0.1) is 11.3 Å². The van der Waals surface area contributed by atoms with Crippen LogP contribution in [0.4, 0.5) is 0 Å². The van der Waals surface area contributed by atoms with E-state index in [0.717, 1.165) is 40.7 Å². The summed E-state index contributed by atoms with van der Waals surface area (Å²) in [6, 6.07) is 17.8. The smallest absolute Gasteiger partial charge is 0.264 e. The normalized spacial score (nSPS) is 13.4. The highest BCUT2D eigenvalue weighted by Crippen LogP contribution is 2.35. The molecule has 0 spiro atoms. The molecule has 0 saturated heterocycles. The second-order valence-corrected chi connectivity index (χ2v) is 13.0. The summed E-state index contributed by atoms with van der Waals surface area (Å²) in [6.45, 7) is 9.21. The fourth-order valence-electron chi connectivity index (χ4n) is 5.41. The fraction of sp³-hybridized carbons (Fsp3) is 0.406. The van der Waals surface area contributed by atoms with Crippen molar-refractivity contribution < 1.29 is 13.2 Å². The summed E-state index contributed by atoms with van der Waals surface area (Å²) in [7, 11) is -0.0446. The van der Waals surface area contributed by atoms with E-state index in [1.165, 1.54) is 23.1 Å². The molecule has 0 unspecified atom stereocenters. The maximum atomic E-state index is 13.1. The van der Waals surface area contributed by atoms with E-state index in [0.29, 0.717) is 6.54 Å². The molecule has 202 valence electrons. The van der Waals surface area contributed by atoms with Crippen molar-refractivity contribution in [3.8, 4) is 11.1 Å². The van der Waals surface area contributed by atoms with E-state index in [9.17, 15) is 13.2 Å². The van der Waals surface area contributed by atoms with Crippen LogP contribution < -0.4 is 4.72 Å². The average Bonchev–Trinajstić information content (AvgIpc) is 3.31. The van der Waals surface area contributed by atoms with Gasteiger partial charge in [0.1, 0.15) is 0 Å². The topological polar surface area (TPSA) is 66.5 Å². The van der Waals surface area contributed by atoms with Crippen molar-refractivity contribution in [2.45, 2.75) is 76.7 Å². The number of rotatable bonds is 9. The number of hydrogen-bond donors (Lipinski definition) is 1. The number of hydrogen-bond acceptors (Lipinski definition) is 4. The number of sulfonamides is 1. The molecule has 0 aromatic heterocycles. The number of nitrogens with one attached hydrogen (secondary N) is 1. The van der Waals surface area contributed by atoms with Crippen LogP contribution in [0.1, 0.15) is 79.3 Å². The van der Waals surface area contributed by atoms with Gasteiger partial charge >= 0.3 is 0 Å².